The number of anilines is 1. The molecule has 2 aromatic rings. The number of carbonyl (C=O) groups is 1. The fourth-order valence-corrected chi connectivity index (χ4v) is 2.17. The maximum Gasteiger partial charge on any atom is 0.233 e. The second kappa shape index (κ2) is 6.52. The lowest BCUT2D eigenvalue weighted by atomic mass is 9.97. The number of carbonyl (C=O) groups excluding carboxylic acids is 1. The normalized spacial score (nSPS) is 12.0. The van der Waals surface area contributed by atoms with Crippen molar-refractivity contribution in [1.82, 2.24) is 24.5 Å². The molecule has 126 valence electrons. The summed E-state index contributed by atoms with van der Waals surface area (Å²) >= 11 is 0. The van der Waals surface area contributed by atoms with E-state index in [1.54, 1.807) is 17.8 Å². The Hall–Kier alpha value is -2.18. The van der Waals surface area contributed by atoms with Gasteiger partial charge in [-0.1, -0.05) is 34.6 Å². The number of nitrogens with zero attached hydrogens (tertiary/aromatic N) is 5. The molecule has 0 saturated heterocycles. The summed E-state index contributed by atoms with van der Waals surface area (Å²) in [4.78, 5) is 16.6. The summed E-state index contributed by atoms with van der Waals surface area (Å²) in [7, 11) is 1.81. The van der Waals surface area contributed by atoms with Gasteiger partial charge in [0.2, 0.25) is 5.91 Å². The molecular weight excluding hydrogens is 292 g/mol. The summed E-state index contributed by atoms with van der Waals surface area (Å²) in [5.41, 5.74) is 0.138. The monoisotopic (exact) mass is 318 g/mol. The van der Waals surface area contributed by atoms with E-state index in [0.29, 0.717) is 11.6 Å². The van der Waals surface area contributed by atoms with Crippen molar-refractivity contribution in [3.05, 3.63) is 23.9 Å². The lowest BCUT2D eigenvalue weighted by molar-refractivity contribution is -0.115. The molecular formula is C16H26N6O. The van der Waals surface area contributed by atoms with Gasteiger partial charge in [0.25, 0.3) is 0 Å². The van der Waals surface area contributed by atoms with Gasteiger partial charge >= 0.3 is 0 Å². The molecule has 2 heterocycles. The lowest BCUT2D eigenvalue weighted by Crippen LogP contribution is -2.19. The summed E-state index contributed by atoms with van der Waals surface area (Å²) in [6.07, 6.45) is 2.06. The van der Waals surface area contributed by atoms with E-state index in [0.717, 1.165) is 12.4 Å². The first-order valence-corrected chi connectivity index (χ1v) is 7.87. The number of rotatable bonds is 5. The molecule has 2 rings (SSSR count). The highest BCUT2D eigenvalue weighted by Gasteiger charge is 2.15. The van der Waals surface area contributed by atoms with Crippen LogP contribution in [0.25, 0.3) is 0 Å². The Morgan fingerprint density at radius 2 is 2.00 bits per heavy atom. The Labute approximate surface area is 137 Å². The molecule has 0 atom stereocenters. The largest absolute Gasteiger partial charge is 0.309 e. The Morgan fingerprint density at radius 3 is 2.57 bits per heavy atom. The van der Waals surface area contributed by atoms with E-state index in [9.17, 15) is 4.79 Å². The van der Waals surface area contributed by atoms with Crippen LogP contribution >= 0.6 is 0 Å². The average molecular weight is 318 g/mol. The molecule has 7 heteroatoms. The van der Waals surface area contributed by atoms with Crippen LogP contribution in [0.4, 0.5) is 5.82 Å². The summed E-state index contributed by atoms with van der Waals surface area (Å²) < 4.78 is 3.50. The molecule has 2 aromatic heterocycles. The molecule has 23 heavy (non-hydrogen) atoms. The van der Waals surface area contributed by atoms with Crippen LogP contribution in [0, 0.1) is 5.41 Å². The maximum absolute atomic E-state index is 12.2. The van der Waals surface area contributed by atoms with Gasteiger partial charge in [-0.3, -0.25) is 14.2 Å². The molecule has 0 unspecified atom stereocenters. The van der Waals surface area contributed by atoms with Crippen LogP contribution in [0.15, 0.2) is 12.3 Å². The number of hydrogen-bond acceptors (Lipinski definition) is 4. The zero-order valence-electron chi connectivity index (χ0n) is 14.8. The van der Waals surface area contributed by atoms with Gasteiger partial charge in [0, 0.05) is 31.8 Å². The molecule has 7 nitrogen and oxygen atoms in total. The minimum absolute atomic E-state index is 0.138. The summed E-state index contributed by atoms with van der Waals surface area (Å²) in [5.74, 6) is 2.07. The van der Waals surface area contributed by atoms with Crippen molar-refractivity contribution in [2.75, 3.05) is 5.32 Å². The number of amides is 1. The number of nitrogens with one attached hydrogen (secondary N) is 1. The van der Waals surface area contributed by atoms with Crippen LogP contribution in [0.1, 0.15) is 52.2 Å². The smallest absolute Gasteiger partial charge is 0.233 e. The van der Waals surface area contributed by atoms with Gasteiger partial charge in [0.1, 0.15) is 5.82 Å². The molecule has 1 N–H and O–H groups in total. The average Bonchev–Trinajstić information content (AvgIpc) is 2.95. The molecule has 0 fully saturated rings. The Kier molecular flexibility index (Phi) is 4.87. The van der Waals surface area contributed by atoms with E-state index in [1.165, 1.54) is 0 Å². The van der Waals surface area contributed by atoms with E-state index in [1.807, 2.05) is 24.7 Å². The van der Waals surface area contributed by atoms with Crippen molar-refractivity contribution >= 4 is 11.7 Å². The molecule has 0 aliphatic carbocycles. The molecule has 1 amide bonds. The summed E-state index contributed by atoms with van der Waals surface area (Å²) in [6, 6.07) is 1.81. The van der Waals surface area contributed by atoms with E-state index >= 15 is 0 Å². The van der Waals surface area contributed by atoms with Crippen molar-refractivity contribution in [2.24, 2.45) is 12.5 Å². The van der Waals surface area contributed by atoms with Crippen molar-refractivity contribution in [1.29, 1.82) is 0 Å². The lowest BCUT2D eigenvalue weighted by Gasteiger charge is -2.17. The van der Waals surface area contributed by atoms with Gasteiger partial charge in [-0.15, -0.1) is 0 Å². The Bertz CT molecular complexity index is 677. The maximum atomic E-state index is 12.2. The quantitative estimate of drug-likeness (QED) is 0.918. The van der Waals surface area contributed by atoms with Crippen LogP contribution in [0.3, 0.4) is 0 Å². The highest BCUT2D eigenvalue weighted by Crippen LogP contribution is 2.16. The molecule has 0 spiro atoms. The SMILES string of the molecule is CC(C)c1nc(CC(=O)Nc2ccn(CC(C)(C)C)n2)n(C)n1. The van der Waals surface area contributed by atoms with Gasteiger partial charge in [-0.2, -0.15) is 10.2 Å². The highest BCUT2D eigenvalue weighted by atomic mass is 16.1. The van der Waals surface area contributed by atoms with Crippen molar-refractivity contribution < 1.29 is 4.79 Å². The van der Waals surface area contributed by atoms with Crippen molar-refractivity contribution in [3.8, 4) is 0 Å². The molecule has 0 saturated carbocycles. The van der Waals surface area contributed by atoms with Crippen LogP contribution in [0.2, 0.25) is 0 Å². The van der Waals surface area contributed by atoms with Crippen LogP contribution in [-0.4, -0.2) is 30.5 Å². The predicted molar refractivity (Wildman–Crippen MR) is 89.1 cm³/mol. The van der Waals surface area contributed by atoms with Crippen LogP contribution in [-0.2, 0) is 24.8 Å². The second-order valence-corrected chi connectivity index (χ2v) is 7.35. The number of aryl methyl sites for hydroxylation is 1. The van der Waals surface area contributed by atoms with Gasteiger partial charge in [-0.05, 0) is 5.41 Å². The molecule has 0 aliphatic rings. The van der Waals surface area contributed by atoms with Crippen LogP contribution in [0.5, 0.6) is 0 Å². The summed E-state index contributed by atoms with van der Waals surface area (Å²) in [5, 5.41) is 11.5. The molecule has 0 bridgehead atoms. The van der Waals surface area contributed by atoms with E-state index < -0.39 is 0 Å². The predicted octanol–water partition coefficient (Wildman–Crippen LogP) is 2.36. The summed E-state index contributed by atoms with van der Waals surface area (Å²) in [6.45, 7) is 11.3. The fourth-order valence-electron chi connectivity index (χ4n) is 2.17. The third kappa shape index (κ3) is 4.91. The first-order valence-electron chi connectivity index (χ1n) is 7.87. The fraction of sp³-hybridized carbons (Fsp3) is 0.625. The van der Waals surface area contributed by atoms with Gasteiger partial charge in [-0.25, -0.2) is 4.98 Å². The van der Waals surface area contributed by atoms with Gasteiger partial charge in [0.15, 0.2) is 11.6 Å². The topological polar surface area (TPSA) is 77.6 Å². The van der Waals surface area contributed by atoms with Crippen LogP contribution < -0.4 is 5.32 Å². The highest BCUT2D eigenvalue weighted by molar-refractivity contribution is 5.90. The third-order valence-corrected chi connectivity index (χ3v) is 3.25. The van der Waals surface area contributed by atoms with Crippen molar-refractivity contribution in [3.63, 3.8) is 0 Å². The minimum atomic E-state index is -0.142. The Balaban J connectivity index is 1.97. The number of hydrogen-bond donors (Lipinski definition) is 1. The zero-order chi connectivity index (χ0) is 17.2. The van der Waals surface area contributed by atoms with Crippen molar-refractivity contribution in [2.45, 2.75) is 53.5 Å². The zero-order valence-corrected chi connectivity index (χ0v) is 14.8. The van der Waals surface area contributed by atoms with E-state index in [-0.39, 0.29) is 23.7 Å². The Morgan fingerprint density at radius 1 is 1.30 bits per heavy atom. The van der Waals surface area contributed by atoms with E-state index in [4.69, 9.17) is 0 Å². The second-order valence-electron chi connectivity index (χ2n) is 7.35. The first-order chi connectivity index (χ1) is 10.6. The third-order valence-electron chi connectivity index (χ3n) is 3.25. The van der Waals surface area contributed by atoms with Gasteiger partial charge in [0.05, 0.1) is 6.42 Å². The molecule has 0 aliphatic heterocycles. The van der Waals surface area contributed by atoms with Gasteiger partial charge < -0.3 is 5.32 Å². The molecule has 0 aromatic carbocycles. The number of aromatic nitrogens is 5. The first kappa shape index (κ1) is 17.2. The van der Waals surface area contributed by atoms with E-state index in [2.05, 4.69) is 41.3 Å². The standard InChI is InChI=1S/C16H26N6O/c1-11(2)15-18-13(21(6)20-15)9-14(23)17-12-7-8-22(19-12)10-16(3,4)5/h7-8,11H,9-10H2,1-6H3,(H,17,19,23). The molecule has 0 radical (unpaired) electrons. The minimum Gasteiger partial charge on any atom is -0.309 e.